The van der Waals surface area contributed by atoms with Crippen LogP contribution in [0, 0.1) is 0 Å². The molecule has 1 aliphatic carbocycles. The van der Waals surface area contributed by atoms with E-state index >= 15 is 0 Å². The Hall–Kier alpha value is -4.22. The molecule has 0 radical (unpaired) electrons. The number of benzene rings is 4. The lowest BCUT2D eigenvalue weighted by Gasteiger charge is -2.24. The van der Waals surface area contributed by atoms with Gasteiger partial charge in [-0.2, -0.15) is 0 Å². The highest BCUT2D eigenvalue weighted by molar-refractivity contribution is 7.90. The summed E-state index contributed by atoms with van der Waals surface area (Å²) < 4.78 is 26.8. The molecule has 4 aromatic carbocycles. The largest absolute Gasteiger partial charge is 0.269 e. The van der Waals surface area contributed by atoms with Crippen LogP contribution >= 0.6 is 0 Å². The third-order valence-electron chi connectivity index (χ3n) is 6.27. The van der Waals surface area contributed by atoms with Gasteiger partial charge in [0.2, 0.25) is 0 Å². The van der Waals surface area contributed by atoms with Gasteiger partial charge < -0.3 is 0 Å². The minimum atomic E-state index is -3.90. The van der Waals surface area contributed by atoms with Gasteiger partial charge in [0, 0.05) is 6.08 Å². The van der Waals surface area contributed by atoms with E-state index in [4.69, 9.17) is 0 Å². The van der Waals surface area contributed by atoms with E-state index in [0.717, 1.165) is 24.0 Å². The zero-order valence-corrected chi connectivity index (χ0v) is 20.4. The molecule has 178 valence electrons. The number of sulfonamides is 1. The lowest BCUT2D eigenvalue weighted by Crippen LogP contribution is -2.28. The summed E-state index contributed by atoms with van der Waals surface area (Å²) in [6.45, 7) is 0. The number of allylic oxidation sites excluding steroid dienone is 1. The molecule has 0 heterocycles. The molecule has 0 unspecified atom stereocenters. The van der Waals surface area contributed by atoms with Crippen LogP contribution in [-0.4, -0.2) is 14.3 Å². The van der Waals surface area contributed by atoms with Gasteiger partial charge in [0.15, 0.2) is 0 Å². The maximum absolute atomic E-state index is 12.4. The van der Waals surface area contributed by atoms with Crippen LogP contribution in [0.4, 0.5) is 0 Å². The number of carbonyl (C=O) groups is 1. The maximum Gasteiger partial charge on any atom is 0.264 e. The number of amides is 1. The highest BCUT2D eigenvalue weighted by atomic mass is 32.2. The number of hydrogen-bond donors (Lipinski definition) is 1. The van der Waals surface area contributed by atoms with Gasteiger partial charge in [0.05, 0.1) is 4.90 Å². The molecule has 0 spiro atoms. The van der Waals surface area contributed by atoms with Crippen LogP contribution in [0.2, 0.25) is 0 Å². The molecule has 36 heavy (non-hydrogen) atoms. The molecular weight excluding hydrogens is 466 g/mol. The van der Waals surface area contributed by atoms with Crippen molar-refractivity contribution in [2.24, 2.45) is 0 Å². The Morgan fingerprint density at radius 2 is 1.33 bits per heavy atom. The first kappa shape index (κ1) is 23.5. The second-order valence-electron chi connectivity index (χ2n) is 8.61. The fraction of sp³-hybridized carbons (Fsp3) is 0.0645. The molecule has 0 saturated heterocycles. The highest BCUT2D eigenvalue weighted by Crippen LogP contribution is 2.40. The van der Waals surface area contributed by atoms with Crippen molar-refractivity contribution in [1.29, 1.82) is 0 Å². The van der Waals surface area contributed by atoms with E-state index in [1.165, 1.54) is 46.0 Å². The lowest BCUT2D eigenvalue weighted by molar-refractivity contribution is -0.114. The molecule has 1 N–H and O–H groups in total. The van der Waals surface area contributed by atoms with Gasteiger partial charge in [0.1, 0.15) is 0 Å². The third kappa shape index (κ3) is 5.07. The summed E-state index contributed by atoms with van der Waals surface area (Å²) in [5, 5.41) is 0. The zero-order valence-electron chi connectivity index (χ0n) is 19.6. The zero-order chi connectivity index (χ0) is 25.0. The SMILES string of the molecule is O=C(/C=C/c1ccc(C2=C(c3ccccc3)CCc3ccccc32)cc1)NS(=O)(=O)c1ccccc1. The maximum atomic E-state index is 12.4. The summed E-state index contributed by atoms with van der Waals surface area (Å²) in [6, 6.07) is 34.8. The molecule has 4 aromatic rings. The molecule has 0 saturated carbocycles. The summed E-state index contributed by atoms with van der Waals surface area (Å²) in [7, 11) is -3.90. The van der Waals surface area contributed by atoms with Crippen LogP contribution in [0.5, 0.6) is 0 Å². The van der Waals surface area contributed by atoms with E-state index in [9.17, 15) is 13.2 Å². The predicted octanol–water partition coefficient (Wildman–Crippen LogP) is 6.11. The van der Waals surface area contributed by atoms with E-state index in [0.29, 0.717) is 0 Å². The van der Waals surface area contributed by atoms with E-state index < -0.39 is 15.9 Å². The van der Waals surface area contributed by atoms with Crippen molar-refractivity contribution in [3.63, 3.8) is 0 Å². The van der Waals surface area contributed by atoms with Crippen molar-refractivity contribution in [3.8, 4) is 0 Å². The molecule has 4 nitrogen and oxygen atoms in total. The Labute approximate surface area is 211 Å². The Kier molecular flexibility index (Phi) is 6.65. The van der Waals surface area contributed by atoms with E-state index in [1.807, 2.05) is 18.2 Å². The van der Waals surface area contributed by atoms with Crippen LogP contribution in [0.1, 0.15) is 34.2 Å². The fourth-order valence-corrected chi connectivity index (χ4v) is 5.51. The quantitative estimate of drug-likeness (QED) is 0.331. The van der Waals surface area contributed by atoms with Crippen molar-refractivity contribution in [3.05, 3.63) is 143 Å². The Morgan fingerprint density at radius 1 is 0.694 bits per heavy atom. The average Bonchev–Trinajstić information content (AvgIpc) is 2.92. The van der Waals surface area contributed by atoms with Gasteiger partial charge in [0.25, 0.3) is 15.9 Å². The predicted molar refractivity (Wildman–Crippen MR) is 144 cm³/mol. The van der Waals surface area contributed by atoms with Gasteiger partial charge in [-0.1, -0.05) is 97.1 Å². The molecule has 0 aromatic heterocycles. The van der Waals surface area contributed by atoms with Crippen LogP contribution in [0.15, 0.2) is 120 Å². The normalized spacial score (nSPS) is 13.4. The van der Waals surface area contributed by atoms with Gasteiger partial charge in [-0.3, -0.25) is 4.79 Å². The van der Waals surface area contributed by atoms with Crippen LogP contribution in [-0.2, 0) is 21.2 Å². The first-order valence-electron chi connectivity index (χ1n) is 11.8. The fourth-order valence-electron chi connectivity index (χ4n) is 4.55. The molecule has 0 fully saturated rings. The minimum absolute atomic E-state index is 0.0476. The second kappa shape index (κ2) is 10.2. The molecule has 0 atom stereocenters. The number of carbonyl (C=O) groups excluding carboxylic acids is 1. The topological polar surface area (TPSA) is 63.2 Å². The standard InChI is InChI=1S/C31H25NO3S/c33-30(32-36(34,35)27-12-5-2-6-13-27)22-17-23-15-18-26(19-16-23)31-28-14-8-7-11-25(28)20-21-29(31)24-9-3-1-4-10-24/h1-19,22H,20-21H2,(H,32,33)/b22-17+. The van der Waals surface area contributed by atoms with E-state index in [1.54, 1.807) is 24.3 Å². The van der Waals surface area contributed by atoms with Crippen molar-refractivity contribution in [2.75, 3.05) is 0 Å². The molecule has 1 aliphatic rings. The monoisotopic (exact) mass is 491 g/mol. The average molecular weight is 492 g/mol. The van der Waals surface area contributed by atoms with Crippen LogP contribution < -0.4 is 4.72 Å². The van der Waals surface area contributed by atoms with Crippen molar-refractivity contribution >= 4 is 33.2 Å². The molecule has 5 rings (SSSR count). The summed E-state index contributed by atoms with van der Waals surface area (Å²) in [5.41, 5.74) is 8.27. The highest BCUT2D eigenvalue weighted by Gasteiger charge is 2.21. The second-order valence-corrected chi connectivity index (χ2v) is 10.3. The summed E-state index contributed by atoms with van der Waals surface area (Å²) >= 11 is 0. The van der Waals surface area contributed by atoms with Gasteiger partial charge in [-0.05, 0) is 70.0 Å². The third-order valence-corrected chi connectivity index (χ3v) is 7.63. The van der Waals surface area contributed by atoms with Crippen molar-refractivity contribution < 1.29 is 13.2 Å². The Bertz CT molecular complexity index is 1550. The first-order valence-corrected chi connectivity index (χ1v) is 13.3. The van der Waals surface area contributed by atoms with Gasteiger partial charge in [-0.25, -0.2) is 13.1 Å². The number of aryl methyl sites for hydroxylation is 1. The van der Waals surface area contributed by atoms with Crippen molar-refractivity contribution in [2.45, 2.75) is 17.7 Å². The smallest absolute Gasteiger partial charge is 0.264 e. The number of nitrogens with one attached hydrogen (secondary N) is 1. The van der Waals surface area contributed by atoms with Gasteiger partial charge in [-0.15, -0.1) is 0 Å². The molecule has 5 heteroatoms. The molecule has 1 amide bonds. The number of rotatable bonds is 6. The molecular formula is C31H25NO3S. The van der Waals surface area contributed by atoms with Gasteiger partial charge >= 0.3 is 0 Å². The number of fused-ring (bicyclic) bond motifs is 1. The Morgan fingerprint density at radius 3 is 2.06 bits per heavy atom. The summed E-state index contributed by atoms with van der Waals surface area (Å²) in [5.74, 6) is -0.696. The number of hydrogen-bond acceptors (Lipinski definition) is 3. The Balaban J connectivity index is 1.41. The lowest BCUT2D eigenvalue weighted by atomic mass is 9.79. The molecule has 0 bridgehead atoms. The summed E-state index contributed by atoms with van der Waals surface area (Å²) in [6.07, 6.45) is 4.82. The first-order chi connectivity index (χ1) is 17.5. The van der Waals surface area contributed by atoms with Crippen molar-refractivity contribution in [1.82, 2.24) is 4.72 Å². The van der Waals surface area contributed by atoms with Crippen LogP contribution in [0.25, 0.3) is 17.2 Å². The van der Waals surface area contributed by atoms with Crippen LogP contribution in [0.3, 0.4) is 0 Å². The minimum Gasteiger partial charge on any atom is -0.269 e. The van der Waals surface area contributed by atoms with E-state index in [-0.39, 0.29) is 4.90 Å². The van der Waals surface area contributed by atoms with E-state index in [2.05, 4.69) is 65.4 Å². The molecule has 0 aliphatic heterocycles. The summed E-state index contributed by atoms with van der Waals surface area (Å²) in [4.78, 5) is 12.3.